The molecule has 0 heterocycles. The Labute approximate surface area is 163 Å². The maximum atomic E-state index is 14.3. The van der Waals surface area contributed by atoms with Crippen LogP contribution in [0.3, 0.4) is 0 Å². The molecule has 0 spiro atoms. The van der Waals surface area contributed by atoms with Gasteiger partial charge < -0.3 is 0 Å². The molecule has 0 atom stereocenters. The van der Waals surface area contributed by atoms with Gasteiger partial charge in [-0.25, -0.2) is 4.76 Å². The van der Waals surface area contributed by atoms with E-state index in [1.54, 1.807) is 0 Å². The summed E-state index contributed by atoms with van der Waals surface area (Å²) in [5.41, 5.74) is 3.72. The van der Waals surface area contributed by atoms with Crippen molar-refractivity contribution in [2.75, 3.05) is 0 Å². The highest BCUT2D eigenvalue weighted by Crippen LogP contribution is 2.47. The van der Waals surface area contributed by atoms with E-state index in [0.717, 1.165) is 37.5 Å². The Bertz CT molecular complexity index is 959. The van der Waals surface area contributed by atoms with Gasteiger partial charge >= 0.3 is 0 Å². The Morgan fingerprint density at radius 1 is 0.808 bits per heavy atom. The molecular formula is C22H21BrNOP. The van der Waals surface area contributed by atoms with Gasteiger partial charge in [-0.15, -0.1) is 0 Å². The molecule has 3 rings (SSSR count). The average molecular weight is 426 g/mol. The number of benzene rings is 3. The van der Waals surface area contributed by atoms with E-state index in [9.17, 15) is 4.57 Å². The molecule has 0 aromatic heterocycles. The van der Waals surface area contributed by atoms with Crippen LogP contribution in [0.5, 0.6) is 0 Å². The van der Waals surface area contributed by atoms with Crippen molar-refractivity contribution in [3.63, 3.8) is 0 Å². The number of halogens is 1. The molecule has 0 N–H and O–H groups in total. The lowest BCUT2D eigenvalue weighted by Gasteiger charge is -2.20. The second-order valence-corrected chi connectivity index (χ2v) is 9.57. The van der Waals surface area contributed by atoms with Crippen LogP contribution in [0.4, 0.5) is 0 Å². The lowest BCUT2D eigenvalue weighted by atomic mass is 10.1. The van der Waals surface area contributed by atoms with Crippen LogP contribution >= 0.6 is 23.2 Å². The van der Waals surface area contributed by atoms with E-state index < -0.39 is 7.29 Å². The predicted molar refractivity (Wildman–Crippen MR) is 116 cm³/mol. The van der Waals surface area contributed by atoms with Crippen molar-refractivity contribution in [2.24, 2.45) is 4.76 Å². The van der Waals surface area contributed by atoms with Crippen LogP contribution in [0.2, 0.25) is 0 Å². The Morgan fingerprint density at radius 2 is 1.27 bits per heavy atom. The summed E-state index contributed by atoms with van der Waals surface area (Å²) >= 11 is 3.45. The zero-order chi connectivity index (χ0) is 18.7. The van der Waals surface area contributed by atoms with Crippen LogP contribution in [0.25, 0.3) is 0 Å². The highest BCUT2D eigenvalue weighted by molar-refractivity contribution is 9.10. The summed E-state index contributed by atoms with van der Waals surface area (Å²) in [6.07, 6.45) is 0. The first-order chi connectivity index (χ1) is 12.4. The molecule has 0 saturated carbocycles. The smallest absolute Gasteiger partial charge is 0.248 e. The lowest BCUT2D eigenvalue weighted by Crippen LogP contribution is -2.20. The molecule has 3 aromatic rings. The monoisotopic (exact) mass is 425 g/mol. The summed E-state index contributed by atoms with van der Waals surface area (Å²) in [6, 6.07) is 23.6. The van der Waals surface area contributed by atoms with Crippen molar-refractivity contribution >= 4 is 39.5 Å². The van der Waals surface area contributed by atoms with E-state index >= 15 is 0 Å². The lowest BCUT2D eigenvalue weighted by molar-refractivity contribution is 0.588. The Kier molecular flexibility index (Phi) is 5.60. The first kappa shape index (κ1) is 18.8. The fraction of sp³-hybridized carbons (Fsp3) is 0.136. The van der Waals surface area contributed by atoms with Crippen molar-refractivity contribution in [1.29, 1.82) is 0 Å². The molecule has 0 aliphatic carbocycles. The summed E-state index contributed by atoms with van der Waals surface area (Å²) in [4.78, 5) is 0. The fourth-order valence-electron chi connectivity index (χ4n) is 3.00. The molecule has 2 nitrogen and oxygen atoms in total. The van der Waals surface area contributed by atoms with Gasteiger partial charge in [-0.3, -0.25) is 4.57 Å². The van der Waals surface area contributed by atoms with Crippen molar-refractivity contribution < 1.29 is 4.57 Å². The molecule has 0 aliphatic rings. The molecule has 0 radical (unpaired) electrons. The molecular weight excluding hydrogens is 405 g/mol. The quantitative estimate of drug-likeness (QED) is 0.383. The van der Waals surface area contributed by atoms with Crippen molar-refractivity contribution in [1.82, 2.24) is 0 Å². The van der Waals surface area contributed by atoms with Crippen LogP contribution in [-0.4, -0.2) is 5.71 Å². The third-order valence-corrected chi connectivity index (χ3v) is 7.86. The van der Waals surface area contributed by atoms with Crippen molar-refractivity contribution in [3.8, 4) is 0 Å². The minimum atomic E-state index is -3.16. The van der Waals surface area contributed by atoms with Crippen LogP contribution in [0, 0.1) is 13.8 Å². The third kappa shape index (κ3) is 3.75. The summed E-state index contributed by atoms with van der Waals surface area (Å²) in [7, 11) is -3.16. The van der Waals surface area contributed by atoms with Gasteiger partial charge in [-0.1, -0.05) is 64.5 Å². The molecule has 0 bridgehead atoms. The van der Waals surface area contributed by atoms with E-state index in [-0.39, 0.29) is 0 Å². The minimum absolute atomic E-state index is 0.771. The SMILES string of the molecule is C/C(=N\P(=O)(c1ccccc1C)c1ccccc1C)c1ccc(Br)cc1. The van der Waals surface area contributed by atoms with E-state index in [4.69, 9.17) is 4.76 Å². The summed E-state index contributed by atoms with van der Waals surface area (Å²) in [6.45, 7) is 5.90. The molecule has 26 heavy (non-hydrogen) atoms. The van der Waals surface area contributed by atoms with Crippen LogP contribution < -0.4 is 10.6 Å². The van der Waals surface area contributed by atoms with Crippen LogP contribution in [-0.2, 0) is 4.57 Å². The van der Waals surface area contributed by atoms with Gasteiger partial charge in [-0.05, 0) is 61.7 Å². The highest BCUT2D eigenvalue weighted by Gasteiger charge is 2.30. The Morgan fingerprint density at radius 3 is 1.73 bits per heavy atom. The molecule has 0 aliphatic heterocycles. The normalized spacial score (nSPS) is 12.2. The molecule has 4 heteroatoms. The zero-order valence-electron chi connectivity index (χ0n) is 15.1. The van der Waals surface area contributed by atoms with Gasteiger partial charge in [-0.2, -0.15) is 0 Å². The van der Waals surface area contributed by atoms with Gasteiger partial charge in [0.25, 0.3) is 0 Å². The number of rotatable bonds is 4. The summed E-state index contributed by atoms with van der Waals surface area (Å²) in [5, 5.41) is 1.59. The largest absolute Gasteiger partial charge is 0.288 e. The molecule has 0 saturated heterocycles. The van der Waals surface area contributed by atoms with Gasteiger partial charge in [0.05, 0.1) is 0 Å². The first-order valence-corrected chi connectivity index (χ1v) is 10.9. The highest BCUT2D eigenvalue weighted by atomic mass is 79.9. The summed E-state index contributed by atoms with van der Waals surface area (Å²) < 4.78 is 20.1. The first-order valence-electron chi connectivity index (χ1n) is 8.47. The molecule has 3 aromatic carbocycles. The number of hydrogen-bond acceptors (Lipinski definition) is 1. The summed E-state index contributed by atoms with van der Waals surface area (Å²) in [5.74, 6) is 0. The van der Waals surface area contributed by atoms with E-state index in [1.165, 1.54) is 0 Å². The van der Waals surface area contributed by atoms with Gasteiger partial charge in [0.15, 0.2) is 0 Å². The predicted octanol–water partition coefficient (Wildman–Crippen LogP) is 5.80. The second-order valence-electron chi connectivity index (χ2n) is 6.34. The topological polar surface area (TPSA) is 29.4 Å². The zero-order valence-corrected chi connectivity index (χ0v) is 17.6. The van der Waals surface area contributed by atoms with E-state index in [1.807, 2.05) is 93.6 Å². The van der Waals surface area contributed by atoms with Crippen molar-refractivity contribution in [3.05, 3.63) is 94.0 Å². The van der Waals surface area contributed by atoms with E-state index in [2.05, 4.69) is 15.9 Å². The minimum Gasteiger partial charge on any atom is -0.288 e. The average Bonchev–Trinajstić information content (AvgIpc) is 2.62. The van der Waals surface area contributed by atoms with Crippen LogP contribution in [0.1, 0.15) is 23.6 Å². The number of nitrogens with zero attached hydrogens (tertiary/aromatic N) is 1. The number of aryl methyl sites for hydroxylation is 2. The van der Waals surface area contributed by atoms with E-state index in [0.29, 0.717) is 0 Å². The van der Waals surface area contributed by atoms with Crippen LogP contribution in [0.15, 0.2) is 82.0 Å². The van der Waals surface area contributed by atoms with Gasteiger partial charge in [0.1, 0.15) is 0 Å². The van der Waals surface area contributed by atoms with Gasteiger partial charge in [0, 0.05) is 20.8 Å². The molecule has 0 unspecified atom stereocenters. The maximum Gasteiger partial charge on any atom is 0.248 e. The number of hydrogen-bond donors (Lipinski definition) is 0. The third-order valence-electron chi connectivity index (χ3n) is 4.44. The Hall–Kier alpha value is -1.96. The molecule has 132 valence electrons. The Balaban J connectivity index is 2.24. The maximum absolute atomic E-state index is 14.3. The van der Waals surface area contributed by atoms with Gasteiger partial charge in [0.2, 0.25) is 7.29 Å². The molecule has 0 amide bonds. The fourth-order valence-corrected chi connectivity index (χ4v) is 5.96. The standard InChI is InChI=1S/C22H21BrNOP/c1-16-8-4-6-10-21(16)26(25,22-11-7-5-9-17(22)2)24-18(3)19-12-14-20(23)15-13-19/h4-15H,1-3H3/b24-18+. The second kappa shape index (κ2) is 7.73. The molecule has 0 fully saturated rings. The van der Waals surface area contributed by atoms with Crippen molar-refractivity contribution in [2.45, 2.75) is 20.8 Å².